The van der Waals surface area contributed by atoms with Gasteiger partial charge in [-0.15, -0.1) is 5.10 Å². The quantitative estimate of drug-likeness (QED) is 0.841. The molecule has 0 atom stereocenters. The van der Waals surface area contributed by atoms with E-state index in [2.05, 4.69) is 46.8 Å². The molecule has 2 heterocycles. The summed E-state index contributed by atoms with van der Waals surface area (Å²) in [6.45, 7) is 6.98. The van der Waals surface area contributed by atoms with E-state index in [1.165, 1.54) is 0 Å². The molecule has 2 rings (SSSR count). The lowest BCUT2D eigenvalue weighted by atomic mass is 10.1. The minimum absolute atomic E-state index is 0.0797. The van der Waals surface area contributed by atoms with E-state index in [-0.39, 0.29) is 18.0 Å². The molecule has 0 saturated heterocycles. The molecule has 2 aromatic heterocycles. The molecule has 0 radical (unpaired) electrons. The predicted molar refractivity (Wildman–Crippen MR) is 78.6 cm³/mol. The second-order valence-corrected chi connectivity index (χ2v) is 5.78. The lowest BCUT2D eigenvalue weighted by Crippen LogP contribution is -2.23. The van der Waals surface area contributed by atoms with Crippen LogP contribution in [0.2, 0.25) is 0 Å². The molecular formula is C13H21N7O. The lowest BCUT2D eigenvalue weighted by molar-refractivity contribution is -0.121. The van der Waals surface area contributed by atoms with Crippen LogP contribution in [0.4, 0.5) is 5.69 Å². The number of carbonyl (C=O) groups excluding carboxylic acids is 1. The van der Waals surface area contributed by atoms with Gasteiger partial charge in [0.1, 0.15) is 12.2 Å². The minimum atomic E-state index is -0.0854. The summed E-state index contributed by atoms with van der Waals surface area (Å²) >= 11 is 0. The zero-order valence-electron chi connectivity index (χ0n) is 12.8. The molecule has 0 unspecified atom stereocenters. The molecular weight excluding hydrogens is 270 g/mol. The Kier molecular flexibility index (Phi) is 4.25. The Morgan fingerprint density at radius 3 is 2.71 bits per heavy atom. The second-order valence-electron chi connectivity index (χ2n) is 5.78. The van der Waals surface area contributed by atoms with Gasteiger partial charge < -0.3 is 10.6 Å². The number of nitrogens with zero attached hydrogens (tertiary/aromatic N) is 5. The van der Waals surface area contributed by atoms with Crippen LogP contribution in [-0.4, -0.2) is 37.7 Å². The molecule has 114 valence electrons. The number of likely N-dealkylation sites (N-methyl/N-ethyl adjacent to an activating group) is 1. The van der Waals surface area contributed by atoms with Crippen molar-refractivity contribution in [2.75, 3.05) is 12.4 Å². The topological polar surface area (TPSA) is 89.7 Å². The highest BCUT2D eigenvalue weighted by molar-refractivity contribution is 5.75. The van der Waals surface area contributed by atoms with Gasteiger partial charge in [-0.3, -0.25) is 9.48 Å². The molecule has 2 N–H and O–H groups in total. The van der Waals surface area contributed by atoms with Crippen LogP contribution >= 0.6 is 0 Å². The maximum Gasteiger partial charge on any atom is 0.241 e. The molecule has 0 spiro atoms. The number of hydrogen-bond donors (Lipinski definition) is 2. The summed E-state index contributed by atoms with van der Waals surface area (Å²) in [6.07, 6.45) is 5.38. The minimum Gasteiger partial charge on any atom is -0.377 e. The molecule has 0 fully saturated rings. The molecule has 21 heavy (non-hydrogen) atoms. The number of carbonyl (C=O) groups is 1. The van der Waals surface area contributed by atoms with E-state index in [0.717, 1.165) is 11.4 Å². The first-order chi connectivity index (χ1) is 9.88. The van der Waals surface area contributed by atoms with Gasteiger partial charge in [0.15, 0.2) is 0 Å². The molecule has 8 nitrogen and oxygen atoms in total. The maximum absolute atomic E-state index is 11.3. The monoisotopic (exact) mass is 291 g/mol. The van der Waals surface area contributed by atoms with Crippen LogP contribution in [0.25, 0.3) is 0 Å². The zero-order valence-corrected chi connectivity index (χ0v) is 12.8. The Morgan fingerprint density at radius 2 is 2.10 bits per heavy atom. The van der Waals surface area contributed by atoms with E-state index < -0.39 is 0 Å². The third-order valence-electron chi connectivity index (χ3n) is 2.92. The van der Waals surface area contributed by atoms with Crippen molar-refractivity contribution >= 4 is 11.6 Å². The van der Waals surface area contributed by atoms with Gasteiger partial charge in [0.2, 0.25) is 5.91 Å². The van der Waals surface area contributed by atoms with E-state index in [4.69, 9.17) is 0 Å². The Labute approximate surface area is 123 Å². The lowest BCUT2D eigenvalue weighted by Gasteiger charge is -2.17. The van der Waals surface area contributed by atoms with Gasteiger partial charge in [-0.25, -0.2) is 4.68 Å². The first-order valence-electron chi connectivity index (χ1n) is 6.77. The van der Waals surface area contributed by atoms with Crippen molar-refractivity contribution in [1.82, 2.24) is 30.1 Å². The third kappa shape index (κ3) is 4.04. The SMILES string of the molecule is CNC(=O)Cn1cc(NCc2cn(C(C)(C)C)nn2)cn1. The summed E-state index contributed by atoms with van der Waals surface area (Å²) in [5.41, 5.74) is 1.61. The van der Waals surface area contributed by atoms with E-state index in [0.29, 0.717) is 6.54 Å². The number of nitrogens with one attached hydrogen (secondary N) is 2. The molecule has 1 amide bonds. The Morgan fingerprint density at radius 1 is 1.33 bits per heavy atom. The van der Waals surface area contributed by atoms with E-state index in [1.54, 1.807) is 24.1 Å². The number of hydrogen-bond acceptors (Lipinski definition) is 5. The first-order valence-corrected chi connectivity index (χ1v) is 6.77. The molecule has 0 aliphatic rings. The second kappa shape index (κ2) is 5.94. The normalized spacial score (nSPS) is 11.4. The van der Waals surface area contributed by atoms with E-state index >= 15 is 0 Å². The van der Waals surface area contributed by atoms with Gasteiger partial charge in [0.25, 0.3) is 0 Å². The van der Waals surface area contributed by atoms with Crippen LogP contribution in [0.5, 0.6) is 0 Å². The summed E-state index contributed by atoms with van der Waals surface area (Å²) in [5, 5.41) is 18.1. The van der Waals surface area contributed by atoms with Gasteiger partial charge >= 0.3 is 0 Å². The molecule has 0 aliphatic heterocycles. The third-order valence-corrected chi connectivity index (χ3v) is 2.92. The summed E-state index contributed by atoms with van der Waals surface area (Å²) in [4.78, 5) is 11.3. The largest absolute Gasteiger partial charge is 0.377 e. The number of anilines is 1. The van der Waals surface area contributed by atoms with Gasteiger partial charge in [-0.05, 0) is 20.8 Å². The van der Waals surface area contributed by atoms with Gasteiger partial charge in [-0.2, -0.15) is 5.10 Å². The zero-order chi connectivity index (χ0) is 15.5. The fourth-order valence-electron chi connectivity index (χ4n) is 1.67. The average Bonchev–Trinajstić information content (AvgIpc) is 3.04. The summed E-state index contributed by atoms with van der Waals surface area (Å²) in [6, 6.07) is 0. The Hall–Kier alpha value is -2.38. The predicted octanol–water partition coefficient (Wildman–Crippen LogP) is 0.588. The number of amides is 1. The highest BCUT2D eigenvalue weighted by atomic mass is 16.1. The maximum atomic E-state index is 11.3. The van der Waals surface area contributed by atoms with Gasteiger partial charge in [0, 0.05) is 13.2 Å². The van der Waals surface area contributed by atoms with E-state index in [1.807, 2.05) is 10.9 Å². The van der Waals surface area contributed by atoms with Crippen molar-refractivity contribution in [3.63, 3.8) is 0 Å². The Bertz CT molecular complexity index is 608. The van der Waals surface area contributed by atoms with Gasteiger partial charge in [0.05, 0.1) is 30.2 Å². The molecule has 0 saturated carbocycles. The van der Waals surface area contributed by atoms with Crippen LogP contribution in [0, 0.1) is 0 Å². The van der Waals surface area contributed by atoms with Crippen LogP contribution in [-0.2, 0) is 23.4 Å². The fraction of sp³-hybridized carbons (Fsp3) is 0.538. The first kappa shape index (κ1) is 15.0. The summed E-state index contributed by atoms with van der Waals surface area (Å²) in [7, 11) is 1.60. The van der Waals surface area contributed by atoms with Crippen LogP contribution in [0.3, 0.4) is 0 Å². The highest BCUT2D eigenvalue weighted by Crippen LogP contribution is 2.12. The average molecular weight is 291 g/mol. The van der Waals surface area contributed by atoms with Crippen LogP contribution in [0.15, 0.2) is 18.6 Å². The standard InChI is InChI=1S/C13H21N7O/c1-13(2,3)20-8-11(17-18-20)5-15-10-6-16-19(7-10)9-12(21)14-4/h6-8,15H,5,9H2,1-4H3,(H,14,21). The number of aromatic nitrogens is 5. The molecule has 8 heteroatoms. The highest BCUT2D eigenvalue weighted by Gasteiger charge is 2.14. The van der Waals surface area contributed by atoms with Crippen LogP contribution in [0.1, 0.15) is 26.5 Å². The fourth-order valence-corrected chi connectivity index (χ4v) is 1.67. The molecule has 0 aromatic carbocycles. The van der Waals surface area contributed by atoms with Crippen molar-refractivity contribution in [2.24, 2.45) is 0 Å². The van der Waals surface area contributed by atoms with E-state index in [9.17, 15) is 4.79 Å². The number of rotatable bonds is 5. The molecule has 0 aliphatic carbocycles. The smallest absolute Gasteiger partial charge is 0.241 e. The Balaban J connectivity index is 1.91. The van der Waals surface area contributed by atoms with Crippen molar-refractivity contribution in [3.8, 4) is 0 Å². The van der Waals surface area contributed by atoms with Crippen LogP contribution < -0.4 is 10.6 Å². The van der Waals surface area contributed by atoms with Crippen molar-refractivity contribution in [2.45, 2.75) is 39.4 Å². The summed E-state index contributed by atoms with van der Waals surface area (Å²) < 4.78 is 3.41. The van der Waals surface area contributed by atoms with Crippen molar-refractivity contribution in [1.29, 1.82) is 0 Å². The summed E-state index contributed by atoms with van der Waals surface area (Å²) in [5.74, 6) is -0.0854. The van der Waals surface area contributed by atoms with Crippen molar-refractivity contribution < 1.29 is 4.79 Å². The molecule has 0 bridgehead atoms. The molecule has 2 aromatic rings. The van der Waals surface area contributed by atoms with Gasteiger partial charge in [-0.1, -0.05) is 5.21 Å². The van der Waals surface area contributed by atoms with Crippen molar-refractivity contribution in [3.05, 3.63) is 24.3 Å².